The molecule has 0 aliphatic heterocycles. The summed E-state index contributed by atoms with van der Waals surface area (Å²) >= 11 is 0. The van der Waals surface area contributed by atoms with Crippen LogP contribution >= 0.6 is 12.4 Å². The number of aliphatic hydroxyl groups is 2. The fourth-order valence-electron chi connectivity index (χ4n) is 2.60. The standard InChI is InChI=1S/C19H34N2O2.ClH/c1-3-4-5-6-7-14-21(2)18-10-8-17(9-11-18)12-13-19(20,15-22)16-23;/h8-11,22-23H,3-7,12-16,20H2,1-2H3;1H. The van der Waals surface area contributed by atoms with Gasteiger partial charge in [-0.2, -0.15) is 0 Å². The number of aliphatic hydroxyl groups excluding tert-OH is 2. The molecule has 5 heteroatoms. The molecule has 0 saturated heterocycles. The number of nitrogens with zero attached hydrogens (tertiary/aromatic N) is 1. The number of hydrogen-bond acceptors (Lipinski definition) is 4. The molecule has 0 aliphatic carbocycles. The van der Waals surface area contributed by atoms with Gasteiger partial charge in [-0.1, -0.05) is 44.7 Å². The Labute approximate surface area is 153 Å². The average molecular weight is 359 g/mol. The van der Waals surface area contributed by atoms with Crippen molar-refractivity contribution in [3.05, 3.63) is 29.8 Å². The Morgan fingerprint density at radius 3 is 2.12 bits per heavy atom. The number of rotatable bonds is 12. The van der Waals surface area contributed by atoms with Crippen molar-refractivity contribution >= 4 is 18.1 Å². The molecule has 0 amide bonds. The smallest absolute Gasteiger partial charge is 0.0633 e. The van der Waals surface area contributed by atoms with Gasteiger partial charge in [-0.15, -0.1) is 12.4 Å². The fraction of sp³-hybridized carbons (Fsp3) is 0.684. The van der Waals surface area contributed by atoms with Gasteiger partial charge in [-0.05, 0) is 37.0 Å². The zero-order chi connectivity index (χ0) is 17.1. The Morgan fingerprint density at radius 2 is 1.58 bits per heavy atom. The zero-order valence-electron chi connectivity index (χ0n) is 15.2. The molecule has 0 unspecified atom stereocenters. The monoisotopic (exact) mass is 358 g/mol. The quantitative estimate of drug-likeness (QED) is 0.502. The second-order valence-electron chi connectivity index (χ2n) is 6.68. The first-order valence-corrected chi connectivity index (χ1v) is 8.85. The Kier molecular flexibility index (Phi) is 12.1. The molecule has 4 nitrogen and oxygen atoms in total. The molecule has 0 fully saturated rings. The van der Waals surface area contributed by atoms with Crippen LogP contribution in [0.25, 0.3) is 0 Å². The second kappa shape index (κ2) is 12.5. The van der Waals surface area contributed by atoms with Crippen molar-refractivity contribution in [3.8, 4) is 0 Å². The number of unbranched alkanes of at least 4 members (excludes halogenated alkanes) is 4. The van der Waals surface area contributed by atoms with Crippen LogP contribution in [0.4, 0.5) is 5.69 Å². The summed E-state index contributed by atoms with van der Waals surface area (Å²) in [6.45, 7) is 2.94. The van der Waals surface area contributed by atoms with Crippen molar-refractivity contribution in [2.45, 2.75) is 57.4 Å². The molecular weight excluding hydrogens is 324 g/mol. The minimum atomic E-state index is -0.881. The van der Waals surface area contributed by atoms with Crippen LogP contribution in [0, 0.1) is 0 Å². The summed E-state index contributed by atoms with van der Waals surface area (Å²) in [6, 6.07) is 8.49. The largest absolute Gasteiger partial charge is 0.394 e. The molecule has 0 aliphatic rings. The molecule has 0 aromatic heterocycles. The van der Waals surface area contributed by atoms with E-state index in [1.165, 1.54) is 43.4 Å². The third-order valence-electron chi connectivity index (χ3n) is 4.52. The van der Waals surface area contributed by atoms with Gasteiger partial charge in [0.1, 0.15) is 0 Å². The van der Waals surface area contributed by atoms with Crippen LogP contribution < -0.4 is 10.6 Å². The summed E-state index contributed by atoms with van der Waals surface area (Å²) < 4.78 is 0. The molecule has 24 heavy (non-hydrogen) atoms. The first-order valence-electron chi connectivity index (χ1n) is 8.85. The van der Waals surface area contributed by atoms with Crippen LogP contribution in [-0.4, -0.2) is 42.6 Å². The van der Waals surface area contributed by atoms with Crippen molar-refractivity contribution < 1.29 is 10.2 Å². The molecular formula is C19H35ClN2O2. The maximum atomic E-state index is 9.22. The van der Waals surface area contributed by atoms with Crippen molar-refractivity contribution in [1.82, 2.24) is 0 Å². The van der Waals surface area contributed by atoms with Crippen LogP contribution in [0.2, 0.25) is 0 Å². The molecule has 1 aromatic carbocycles. The Hall–Kier alpha value is -0.810. The summed E-state index contributed by atoms with van der Waals surface area (Å²) in [7, 11) is 2.14. The van der Waals surface area contributed by atoms with Crippen molar-refractivity contribution in [3.63, 3.8) is 0 Å². The van der Waals surface area contributed by atoms with E-state index in [1.54, 1.807) is 0 Å². The van der Waals surface area contributed by atoms with Gasteiger partial charge >= 0.3 is 0 Å². The summed E-state index contributed by atoms with van der Waals surface area (Å²) in [6.07, 6.45) is 7.83. The van der Waals surface area contributed by atoms with E-state index >= 15 is 0 Å². The Morgan fingerprint density at radius 1 is 1.00 bits per heavy atom. The molecule has 1 rings (SSSR count). The normalized spacial score (nSPS) is 11.2. The summed E-state index contributed by atoms with van der Waals surface area (Å²) in [5, 5.41) is 18.4. The number of hydrogen-bond donors (Lipinski definition) is 3. The molecule has 140 valence electrons. The minimum Gasteiger partial charge on any atom is -0.394 e. The number of nitrogens with two attached hydrogens (primary N) is 1. The highest BCUT2D eigenvalue weighted by Gasteiger charge is 2.22. The highest BCUT2D eigenvalue weighted by atomic mass is 35.5. The van der Waals surface area contributed by atoms with Gasteiger partial charge in [0.25, 0.3) is 0 Å². The third-order valence-corrected chi connectivity index (χ3v) is 4.52. The maximum absolute atomic E-state index is 9.22. The van der Waals surface area contributed by atoms with Gasteiger partial charge in [0, 0.05) is 19.3 Å². The van der Waals surface area contributed by atoms with E-state index in [0.717, 1.165) is 13.0 Å². The molecule has 4 N–H and O–H groups in total. The van der Waals surface area contributed by atoms with Crippen molar-refractivity contribution in [2.75, 3.05) is 31.7 Å². The summed E-state index contributed by atoms with van der Waals surface area (Å²) in [4.78, 5) is 2.30. The molecule has 0 heterocycles. The van der Waals surface area contributed by atoms with Gasteiger partial charge in [0.2, 0.25) is 0 Å². The maximum Gasteiger partial charge on any atom is 0.0633 e. The fourth-order valence-corrected chi connectivity index (χ4v) is 2.60. The van der Waals surface area contributed by atoms with E-state index in [9.17, 15) is 10.2 Å². The first kappa shape index (κ1) is 23.2. The van der Waals surface area contributed by atoms with Gasteiger partial charge in [0.15, 0.2) is 0 Å². The van der Waals surface area contributed by atoms with Crippen LogP contribution in [0.5, 0.6) is 0 Å². The number of halogens is 1. The topological polar surface area (TPSA) is 69.7 Å². The lowest BCUT2D eigenvalue weighted by atomic mass is 9.94. The first-order chi connectivity index (χ1) is 11.0. The molecule has 0 atom stereocenters. The van der Waals surface area contributed by atoms with Crippen LogP contribution in [-0.2, 0) is 6.42 Å². The number of aryl methyl sites for hydroxylation is 1. The SMILES string of the molecule is CCCCCCCN(C)c1ccc(CCC(N)(CO)CO)cc1.Cl. The molecule has 0 radical (unpaired) electrons. The van der Waals surface area contributed by atoms with E-state index in [2.05, 4.69) is 43.1 Å². The highest BCUT2D eigenvalue weighted by molar-refractivity contribution is 5.85. The highest BCUT2D eigenvalue weighted by Crippen LogP contribution is 2.17. The summed E-state index contributed by atoms with van der Waals surface area (Å²) in [5.41, 5.74) is 7.43. The van der Waals surface area contributed by atoms with Gasteiger partial charge < -0.3 is 20.8 Å². The zero-order valence-corrected chi connectivity index (χ0v) is 16.0. The minimum absolute atomic E-state index is 0. The third kappa shape index (κ3) is 8.34. The van der Waals surface area contributed by atoms with E-state index in [-0.39, 0.29) is 25.6 Å². The van der Waals surface area contributed by atoms with Gasteiger partial charge in [-0.25, -0.2) is 0 Å². The predicted molar refractivity (Wildman–Crippen MR) is 105 cm³/mol. The molecule has 0 bridgehead atoms. The molecule has 0 saturated carbocycles. The lowest BCUT2D eigenvalue weighted by Gasteiger charge is -2.24. The van der Waals surface area contributed by atoms with Crippen molar-refractivity contribution in [1.29, 1.82) is 0 Å². The number of benzene rings is 1. The average Bonchev–Trinajstić information content (AvgIpc) is 2.59. The van der Waals surface area contributed by atoms with Crippen LogP contribution in [0.15, 0.2) is 24.3 Å². The Balaban J connectivity index is 0.00000529. The van der Waals surface area contributed by atoms with E-state index in [4.69, 9.17) is 5.73 Å². The second-order valence-corrected chi connectivity index (χ2v) is 6.68. The van der Waals surface area contributed by atoms with Gasteiger partial charge in [-0.3, -0.25) is 0 Å². The van der Waals surface area contributed by atoms with Crippen LogP contribution in [0.3, 0.4) is 0 Å². The molecule has 0 spiro atoms. The van der Waals surface area contributed by atoms with E-state index in [1.807, 2.05) is 0 Å². The van der Waals surface area contributed by atoms with E-state index in [0.29, 0.717) is 6.42 Å². The molecule has 1 aromatic rings. The predicted octanol–water partition coefficient (Wildman–Crippen LogP) is 3.13. The van der Waals surface area contributed by atoms with Crippen molar-refractivity contribution in [2.24, 2.45) is 5.73 Å². The Bertz CT molecular complexity index is 422. The summed E-state index contributed by atoms with van der Waals surface area (Å²) in [5.74, 6) is 0. The lowest BCUT2D eigenvalue weighted by molar-refractivity contribution is 0.115. The van der Waals surface area contributed by atoms with E-state index < -0.39 is 5.54 Å². The van der Waals surface area contributed by atoms with Gasteiger partial charge in [0.05, 0.1) is 18.8 Å². The lowest BCUT2D eigenvalue weighted by Crippen LogP contribution is -2.47. The van der Waals surface area contributed by atoms with Crippen LogP contribution in [0.1, 0.15) is 51.0 Å². The number of anilines is 1.